The fraction of sp³-hybridized carbons (Fsp3) is 1.00. The van der Waals surface area contributed by atoms with Gasteiger partial charge in [0.15, 0.2) is 0 Å². The summed E-state index contributed by atoms with van der Waals surface area (Å²) in [7, 11) is -3.15. The topological polar surface area (TPSA) is 49.4 Å². The first-order valence-corrected chi connectivity index (χ1v) is 10.2. The van der Waals surface area contributed by atoms with E-state index in [1.807, 2.05) is 0 Å². The van der Waals surface area contributed by atoms with Gasteiger partial charge in [0.1, 0.15) is 0 Å². The monoisotopic (exact) mass is 318 g/mol. The van der Waals surface area contributed by atoms with Crippen molar-refractivity contribution in [2.75, 3.05) is 18.8 Å². The van der Waals surface area contributed by atoms with Crippen molar-refractivity contribution < 1.29 is 8.42 Å². The maximum absolute atomic E-state index is 12.8. The van der Waals surface area contributed by atoms with E-state index < -0.39 is 10.0 Å². The molecule has 0 aromatic rings. The standard InChI is InChI=1S/C16H34N2O2S/c1-5-16(6-2)18(13-14(3)4)21(19,20)12-10-15-9-7-8-11-17-15/h14-17H,5-13H2,1-4H3. The van der Waals surface area contributed by atoms with Crippen molar-refractivity contribution in [2.24, 2.45) is 5.92 Å². The Bertz CT molecular complexity index is 372. The number of hydrogen-bond donors (Lipinski definition) is 1. The molecule has 0 saturated carbocycles. The van der Waals surface area contributed by atoms with Crippen LogP contribution in [0.3, 0.4) is 0 Å². The maximum atomic E-state index is 12.8. The van der Waals surface area contributed by atoms with E-state index in [4.69, 9.17) is 0 Å². The lowest BCUT2D eigenvalue weighted by Crippen LogP contribution is -2.44. The molecule has 1 heterocycles. The molecule has 0 aliphatic carbocycles. The Kier molecular flexibility index (Phi) is 8.21. The highest BCUT2D eigenvalue weighted by molar-refractivity contribution is 7.89. The zero-order valence-corrected chi connectivity index (χ0v) is 15.1. The minimum Gasteiger partial charge on any atom is -0.314 e. The Morgan fingerprint density at radius 3 is 2.33 bits per heavy atom. The summed E-state index contributed by atoms with van der Waals surface area (Å²) in [6, 6.07) is 0.535. The van der Waals surface area contributed by atoms with Crippen LogP contribution in [0, 0.1) is 5.92 Å². The predicted molar refractivity (Wildman–Crippen MR) is 90.0 cm³/mol. The molecular formula is C16H34N2O2S. The molecule has 0 aromatic carbocycles. The lowest BCUT2D eigenvalue weighted by molar-refractivity contribution is 0.275. The molecule has 1 rings (SSSR count). The lowest BCUT2D eigenvalue weighted by Gasteiger charge is -2.32. The molecule has 0 radical (unpaired) electrons. The molecule has 0 aromatic heterocycles. The fourth-order valence-corrected chi connectivity index (χ4v) is 5.22. The van der Waals surface area contributed by atoms with E-state index in [9.17, 15) is 8.42 Å². The minimum absolute atomic E-state index is 0.150. The van der Waals surface area contributed by atoms with Gasteiger partial charge in [0, 0.05) is 18.6 Å². The Morgan fingerprint density at radius 1 is 1.19 bits per heavy atom. The van der Waals surface area contributed by atoms with Gasteiger partial charge in [0.05, 0.1) is 5.75 Å². The summed E-state index contributed by atoms with van der Waals surface area (Å²) in [5.41, 5.74) is 0. The predicted octanol–water partition coefficient (Wildman–Crippen LogP) is 3.00. The molecule has 21 heavy (non-hydrogen) atoms. The number of sulfonamides is 1. The zero-order chi connectivity index (χ0) is 15.9. The van der Waals surface area contributed by atoms with E-state index in [0.29, 0.717) is 18.5 Å². The second-order valence-corrected chi connectivity index (χ2v) is 8.73. The second-order valence-electron chi connectivity index (χ2n) is 6.69. The van der Waals surface area contributed by atoms with Crippen molar-refractivity contribution in [2.45, 2.75) is 78.3 Å². The Hall–Kier alpha value is -0.130. The van der Waals surface area contributed by atoms with Gasteiger partial charge < -0.3 is 5.32 Å². The number of hydrogen-bond acceptors (Lipinski definition) is 3. The van der Waals surface area contributed by atoms with Crippen LogP contribution in [0.4, 0.5) is 0 Å². The van der Waals surface area contributed by atoms with Gasteiger partial charge in [0.2, 0.25) is 10.0 Å². The van der Waals surface area contributed by atoms with Crippen molar-refractivity contribution in [3.63, 3.8) is 0 Å². The van der Waals surface area contributed by atoms with Crippen LogP contribution in [0.1, 0.15) is 66.2 Å². The average molecular weight is 319 g/mol. The highest BCUT2D eigenvalue weighted by atomic mass is 32.2. The summed E-state index contributed by atoms with van der Waals surface area (Å²) in [5, 5.41) is 3.45. The third kappa shape index (κ3) is 6.25. The highest BCUT2D eigenvalue weighted by Crippen LogP contribution is 2.19. The van der Waals surface area contributed by atoms with Crippen LogP contribution >= 0.6 is 0 Å². The van der Waals surface area contributed by atoms with Crippen molar-refractivity contribution in [3.05, 3.63) is 0 Å². The largest absolute Gasteiger partial charge is 0.314 e. The van der Waals surface area contributed by atoms with Crippen LogP contribution in [0.15, 0.2) is 0 Å². The van der Waals surface area contributed by atoms with E-state index in [-0.39, 0.29) is 11.8 Å². The zero-order valence-electron chi connectivity index (χ0n) is 14.3. The first-order chi connectivity index (χ1) is 9.90. The van der Waals surface area contributed by atoms with Gasteiger partial charge in [-0.1, -0.05) is 34.1 Å². The van der Waals surface area contributed by atoms with Crippen LogP contribution in [0.2, 0.25) is 0 Å². The molecule has 126 valence electrons. The van der Waals surface area contributed by atoms with Gasteiger partial charge in [-0.15, -0.1) is 0 Å². The van der Waals surface area contributed by atoms with E-state index in [1.165, 1.54) is 12.8 Å². The number of nitrogens with one attached hydrogen (secondary N) is 1. The van der Waals surface area contributed by atoms with E-state index in [2.05, 4.69) is 33.0 Å². The Morgan fingerprint density at radius 2 is 1.86 bits per heavy atom. The second kappa shape index (κ2) is 9.11. The summed E-state index contributed by atoms with van der Waals surface area (Å²) >= 11 is 0. The SMILES string of the molecule is CCC(CC)N(CC(C)C)S(=O)(=O)CCC1CCCCN1. The van der Waals surface area contributed by atoms with E-state index in [0.717, 1.165) is 32.2 Å². The summed E-state index contributed by atoms with van der Waals surface area (Å²) in [6.07, 6.45) is 6.09. The summed E-state index contributed by atoms with van der Waals surface area (Å²) in [4.78, 5) is 0. The molecule has 1 aliphatic rings. The highest BCUT2D eigenvalue weighted by Gasteiger charge is 2.29. The summed E-state index contributed by atoms with van der Waals surface area (Å²) in [5.74, 6) is 0.654. The molecule has 4 nitrogen and oxygen atoms in total. The van der Waals surface area contributed by atoms with Gasteiger partial charge in [-0.05, 0) is 44.6 Å². The van der Waals surface area contributed by atoms with Crippen LogP contribution < -0.4 is 5.32 Å². The molecule has 0 bridgehead atoms. The Labute approximate surface area is 131 Å². The maximum Gasteiger partial charge on any atom is 0.214 e. The van der Waals surface area contributed by atoms with Crippen LogP contribution in [-0.2, 0) is 10.0 Å². The molecule has 1 unspecified atom stereocenters. The summed E-state index contributed by atoms with van der Waals surface area (Å²) in [6.45, 7) is 10.0. The first-order valence-electron chi connectivity index (χ1n) is 8.63. The van der Waals surface area contributed by atoms with E-state index in [1.54, 1.807) is 4.31 Å². The number of rotatable bonds is 9. The molecule has 0 amide bonds. The molecule has 1 aliphatic heterocycles. The molecule has 1 fully saturated rings. The molecule has 0 spiro atoms. The van der Waals surface area contributed by atoms with Crippen molar-refractivity contribution in [1.82, 2.24) is 9.62 Å². The van der Waals surface area contributed by atoms with Crippen molar-refractivity contribution in [3.8, 4) is 0 Å². The lowest BCUT2D eigenvalue weighted by atomic mass is 10.0. The van der Waals surface area contributed by atoms with Crippen molar-refractivity contribution >= 4 is 10.0 Å². The normalized spacial score (nSPS) is 20.6. The van der Waals surface area contributed by atoms with Crippen LogP contribution in [0.5, 0.6) is 0 Å². The van der Waals surface area contributed by atoms with Gasteiger partial charge in [-0.25, -0.2) is 8.42 Å². The van der Waals surface area contributed by atoms with E-state index >= 15 is 0 Å². The Balaban J connectivity index is 2.68. The number of piperidine rings is 1. The quantitative estimate of drug-likeness (QED) is 0.711. The third-order valence-electron chi connectivity index (χ3n) is 4.39. The van der Waals surface area contributed by atoms with Gasteiger partial charge >= 0.3 is 0 Å². The smallest absolute Gasteiger partial charge is 0.214 e. The minimum atomic E-state index is -3.15. The average Bonchev–Trinajstić information content (AvgIpc) is 2.46. The van der Waals surface area contributed by atoms with Gasteiger partial charge in [-0.2, -0.15) is 4.31 Å². The van der Waals surface area contributed by atoms with Crippen molar-refractivity contribution in [1.29, 1.82) is 0 Å². The van der Waals surface area contributed by atoms with Crippen LogP contribution in [0.25, 0.3) is 0 Å². The summed E-state index contributed by atoms with van der Waals surface area (Å²) < 4.78 is 27.3. The molecular weight excluding hydrogens is 284 g/mol. The first kappa shape index (κ1) is 18.9. The molecule has 1 N–H and O–H groups in total. The molecule has 1 atom stereocenters. The fourth-order valence-electron chi connectivity index (χ4n) is 3.12. The van der Waals surface area contributed by atoms with Gasteiger partial charge in [-0.3, -0.25) is 0 Å². The van der Waals surface area contributed by atoms with Gasteiger partial charge in [0.25, 0.3) is 0 Å². The third-order valence-corrected chi connectivity index (χ3v) is 6.30. The molecule has 5 heteroatoms. The molecule has 1 saturated heterocycles. The number of nitrogens with zero attached hydrogens (tertiary/aromatic N) is 1. The van der Waals surface area contributed by atoms with Crippen LogP contribution in [-0.4, -0.2) is 43.6 Å².